The van der Waals surface area contributed by atoms with Crippen molar-refractivity contribution in [1.82, 2.24) is 24.1 Å². The number of imidazole rings is 1. The van der Waals surface area contributed by atoms with E-state index in [4.69, 9.17) is 4.74 Å². The van der Waals surface area contributed by atoms with Gasteiger partial charge in [0.1, 0.15) is 5.69 Å². The van der Waals surface area contributed by atoms with Crippen LogP contribution in [-0.4, -0.2) is 50.0 Å². The summed E-state index contributed by atoms with van der Waals surface area (Å²) in [6, 6.07) is 10.3. The lowest BCUT2D eigenvalue weighted by molar-refractivity contribution is -0.189. The number of H-pyrrole nitrogens is 1. The van der Waals surface area contributed by atoms with Crippen LogP contribution in [0.3, 0.4) is 0 Å². The Kier molecular flexibility index (Phi) is 5.43. The summed E-state index contributed by atoms with van der Waals surface area (Å²) in [6.07, 6.45) is 0.821. The molecule has 4 aromatic rings. The van der Waals surface area contributed by atoms with Crippen molar-refractivity contribution in [3.8, 4) is 39.7 Å². The highest BCUT2D eigenvalue weighted by molar-refractivity contribution is 7.90. The van der Waals surface area contributed by atoms with Gasteiger partial charge < -0.3 is 9.72 Å². The Bertz CT molecular complexity index is 1510. The molecular formula is C22H16F3N5O4S. The average Bonchev–Trinajstić information content (AvgIpc) is 3.38. The first kappa shape index (κ1) is 22.8. The van der Waals surface area contributed by atoms with Crippen molar-refractivity contribution in [3.05, 3.63) is 61.2 Å². The summed E-state index contributed by atoms with van der Waals surface area (Å²) in [5, 5.41) is 3.31. The van der Waals surface area contributed by atoms with E-state index >= 15 is 0 Å². The van der Waals surface area contributed by atoms with E-state index < -0.39 is 33.2 Å². The Hall–Kier alpha value is -4.00. The van der Waals surface area contributed by atoms with Gasteiger partial charge in [0.05, 0.1) is 29.5 Å². The van der Waals surface area contributed by atoms with E-state index in [-0.39, 0.29) is 22.6 Å². The van der Waals surface area contributed by atoms with E-state index in [1.54, 1.807) is 24.3 Å². The van der Waals surface area contributed by atoms with Gasteiger partial charge in [-0.1, -0.05) is 30.3 Å². The maximum absolute atomic E-state index is 13.1. The third-order valence-electron chi connectivity index (χ3n) is 5.29. The van der Waals surface area contributed by atoms with E-state index in [0.717, 1.165) is 15.8 Å². The van der Waals surface area contributed by atoms with E-state index in [2.05, 4.69) is 20.1 Å². The van der Waals surface area contributed by atoms with Gasteiger partial charge in [0.15, 0.2) is 11.6 Å². The minimum atomic E-state index is -5.28. The number of aromatic nitrogens is 5. The summed E-state index contributed by atoms with van der Waals surface area (Å²) in [6.45, 7) is 0. The van der Waals surface area contributed by atoms with Gasteiger partial charge in [-0.05, 0) is 24.5 Å². The molecule has 1 N–H and O–H groups in total. The summed E-state index contributed by atoms with van der Waals surface area (Å²) in [7, 11) is -3.72. The lowest BCUT2D eigenvalue weighted by Crippen LogP contribution is -2.28. The molecule has 0 atom stereocenters. The normalized spacial score (nSPS) is 14.1. The number of carbonyl (C=O) groups excluding carboxylic acids is 1. The molecule has 3 heterocycles. The Morgan fingerprint density at radius 1 is 1.06 bits per heavy atom. The second-order valence-corrected chi connectivity index (χ2v) is 9.85. The second kappa shape index (κ2) is 8.34. The fraction of sp³-hybridized carbons (Fsp3) is 0.182. The number of benzene rings is 1. The minimum absolute atomic E-state index is 0.0116. The zero-order valence-electron chi connectivity index (χ0n) is 17.7. The number of rotatable bonds is 6. The number of aromatic amines is 1. The van der Waals surface area contributed by atoms with Crippen LogP contribution < -0.4 is 4.74 Å². The molecule has 180 valence electrons. The number of nitrogens with one attached hydrogen (secondary N) is 1. The number of pyridine rings is 1. The molecular weight excluding hydrogens is 487 g/mol. The van der Waals surface area contributed by atoms with Crippen LogP contribution in [0.2, 0.25) is 0 Å². The van der Waals surface area contributed by atoms with Crippen molar-refractivity contribution in [2.45, 2.75) is 24.3 Å². The van der Waals surface area contributed by atoms with Gasteiger partial charge in [0, 0.05) is 17.3 Å². The molecule has 0 amide bonds. The first-order valence-electron chi connectivity index (χ1n) is 10.3. The Labute approximate surface area is 196 Å². The molecule has 1 saturated carbocycles. The molecule has 3 aromatic heterocycles. The third kappa shape index (κ3) is 4.41. The molecule has 0 bridgehead atoms. The lowest BCUT2D eigenvalue weighted by atomic mass is 10.1. The van der Waals surface area contributed by atoms with Crippen LogP contribution >= 0.6 is 0 Å². The molecule has 0 spiro atoms. The first-order valence-corrected chi connectivity index (χ1v) is 11.8. The van der Waals surface area contributed by atoms with Gasteiger partial charge >= 0.3 is 12.1 Å². The van der Waals surface area contributed by atoms with Crippen molar-refractivity contribution in [1.29, 1.82) is 0 Å². The predicted molar refractivity (Wildman–Crippen MR) is 118 cm³/mol. The maximum atomic E-state index is 13.1. The number of esters is 1. The topological polar surface area (TPSA) is 120 Å². The quantitative estimate of drug-likeness (QED) is 0.397. The summed E-state index contributed by atoms with van der Waals surface area (Å²) in [5.74, 6) is -2.94. The highest BCUT2D eigenvalue weighted by Crippen LogP contribution is 2.39. The molecule has 9 nitrogen and oxygen atoms in total. The van der Waals surface area contributed by atoms with Crippen molar-refractivity contribution >= 4 is 16.0 Å². The predicted octanol–water partition coefficient (Wildman–Crippen LogP) is 3.81. The molecule has 0 unspecified atom stereocenters. The molecule has 13 heteroatoms. The van der Waals surface area contributed by atoms with Crippen molar-refractivity contribution in [2.75, 3.05) is 0 Å². The van der Waals surface area contributed by atoms with Crippen molar-refractivity contribution in [3.63, 3.8) is 0 Å². The maximum Gasteiger partial charge on any atom is 0.491 e. The van der Waals surface area contributed by atoms with Crippen LogP contribution in [0, 0.1) is 0 Å². The minimum Gasteiger partial charge on any atom is -0.417 e. The molecule has 0 aliphatic heterocycles. The summed E-state index contributed by atoms with van der Waals surface area (Å²) < 4.78 is 69.7. The van der Waals surface area contributed by atoms with E-state index in [0.29, 0.717) is 18.5 Å². The fourth-order valence-corrected chi connectivity index (χ4v) is 4.88. The SMILES string of the molecule is O=C(Oc1c(-c2cnn(S(=O)(=O)C3CC3)c2)ccnc1-c1ncc(-c2ccccc2)[nH]1)C(F)(F)F. The number of hydrogen-bond donors (Lipinski definition) is 1. The summed E-state index contributed by atoms with van der Waals surface area (Å²) in [4.78, 5) is 23.0. The molecule has 1 aliphatic carbocycles. The average molecular weight is 503 g/mol. The number of halogens is 3. The highest BCUT2D eigenvalue weighted by atomic mass is 32.2. The van der Waals surface area contributed by atoms with Gasteiger partial charge in [-0.3, -0.25) is 0 Å². The molecule has 0 saturated heterocycles. The Morgan fingerprint density at radius 3 is 2.49 bits per heavy atom. The molecule has 1 aromatic carbocycles. The van der Waals surface area contributed by atoms with Crippen LogP contribution in [0.4, 0.5) is 13.2 Å². The standard InChI is InChI=1S/C22H16F3N5O4S/c23-22(24,25)21(31)34-19-16(14-10-28-30(12-14)35(32,33)15-6-7-15)8-9-26-18(19)20-27-11-17(29-20)13-4-2-1-3-5-13/h1-5,8-12,15H,6-7H2,(H,27,29). The number of ether oxygens (including phenoxy) is 1. The van der Waals surface area contributed by atoms with Crippen molar-refractivity contribution in [2.24, 2.45) is 0 Å². The molecule has 1 fully saturated rings. The van der Waals surface area contributed by atoms with Crippen LogP contribution in [0.1, 0.15) is 12.8 Å². The van der Waals surface area contributed by atoms with Gasteiger partial charge in [-0.15, -0.1) is 0 Å². The number of nitrogens with zero attached hydrogens (tertiary/aromatic N) is 4. The fourth-order valence-electron chi connectivity index (χ4n) is 3.41. The highest BCUT2D eigenvalue weighted by Gasteiger charge is 2.42. The second-order valence-electron chi connectivity index (χ2n) is 7.78. The summed E-state index contributed by atoms with van der Waals surface area (Å²) >= 11 is 0. The van der Waals surface area contributed by atoms with Gasteiger partial charge in [-0.2, -0.15) is 22.4 Å². The lowest BCUT2D eigenvalue weighted by Gasteiger charge is -2.13. The number of hydrogen-bond acceptors (Lipinski definition) is 7. The number of alkyl halides is 3. The number of carbonyl (C=O) groups is 1. The zero-order valence-corrected chi connectivity index (χ0v) is 18.5. The first-order chi connectivity index (χ1) is 16.6. The van der Waals surface area contributed by atoms with Crippen LogP contribution in [0.25, 0.3) is 33.9 Å². The third-order valence-corrected chi connectivity index (χ3v) is 7.33. The van der Waals surface area contributed by atoms with E-state index in [9.17, 15) is 26.4 Å². The molecule has 35 heavy (non-hydrogen) atoms. The van der Waals surface area contributed by atoms with Gasteiger partial charge in [0.25, 0.3) is 10.0 Å². The Balaban J connectivity index is 1.61. The monoisotopic (exact) mass is 503 g/mol. The van der Waals surface area contributed by atoms with Gasteiger partial charge in [-0.25, -0.2) is 23.2 Å². The summed E-state index contributed by atoms with van der Waals surface area (Å²) in [5.41, 5.74) is 1.27. The van der Waals surface area contributed by atoms with Gasteiger partial charge in [0.2, 0.25) is 0 Å². The van der Waals surface area contributed by atoms with E-state index in [1.165, 1.54) is 24.7 Å². The van der Waals surface area contributed by atoms with Crippen molar-refractivity contribution < 1.29 is 31.1 Å². The van der Waals surface area contributed by atoms with E-state index in [1.807, 2.05) is 6.07 Å². The Morgan fingerprint density at radius 2 is 1.80 bits per heavy atom. The largest absolute Gasteiger partial charge is 0.491 e. The van der Waals surface area contributed by atoms with Crippen LogP contribution in [0.5, 0.6) is 5.75 Å². The van der Waals surface area contributed by atoms with Crippen LogP contribution in [0.15, 0.2) is 61.2 Å². The molecule has 5 rings (SSSR count). The van der Waals surface area contributed by atoms with Crippen LogP contribution in [-0.2, 0) is 14.8 Å². The molecule has 0 radical (unpaired) electrons. The molecule has 1 aliphatic rings. The smallest absolute Gasteiger partial charge is 0.417 e. The zero-order chi connectivity index (χ0) is 24.8.